The SMILES string of the molecule is Cc1nc(-c2ccccn2)sc1C(=O)Nc1sccc1C(=O)NC1CC1. The van der Waals surface area contributed by atoms with E-state index >= 15 is 0 Å². The number of rotatable bonds is 5. The molecule has 3 aromatic heterocycles. The third-order valence-electron chi connectivity index (χ3n) is 3.94. The summed E-state index contributed by atoms with van der Waals surface area (Å²) in [6.45, 7) is 1.80. The van der Waals surface area contributed by atoms with Crippen molar-refractivity contribution >= 4 is 39.5 Å². The van der Waals surface area contributed by atoms with Crippen molar-refractivity contribution in [2.24, 2.45) is 0 Å². The Bertz CT molecular complexity index is 961. The zero-order valence-electron chi connectivity index (χ0n) is 14.0. The lowest BCUT2D eigenvalue weighted by molar-refractivity contribution is 0.0952. The highest BCUT2D eigenvalue weighted by molar-refractivity contribution is 7.17. The molecule has 0 unspecified atom stereocenters. The highest BCUT2D eigenvalue weighted by Gasteiger charge is 2.26. The lowest BCUT2D eigenvalue weighted by atomic mass is 10.3. The summed E-state index contributed by atoms with van der Waals surface area (Å²) in [5, 5.41) is 8.86. The summed E-state index contributed by atoms with van der Waals surface area (Å²) in [6, 6.07) is 7.59. The van der Waals surface area contributed by atoms with Crippen molar-refractivity contribution in [1.82, 2.24) is 15.3 Å². The molecule has 2 N–H and O–H groups in total. The zero-order chi connectivity index (χ0) is 18.1. The fourth-order valence-corrected chi connectivity index (χ4v) is 4.16. The minimum atomic E-state index is -0.259. The first-order valence-corrected chi connectivity index (χ1v) is 9.90. The summed E-state index contributed by atoms with van der Waals surface area (Å²) in [5.74, 6) is -0.399. The second kappa shape index (κ2) is 6.97. The van der Waals surface area contributed by atoms with Crippen molar-refractivity contribution < 1.29 is 9.59 Å². The molecule has 0 aromatic carbocycles. The Hall–Kier alpha value is -2.58. The molecule has 8 heteroatoms. The van der Waals surface area contributed by atoms with Gasteiger partial charge in [-0.1, -0.05) is 6.07 Å². The number of aromatic nitrogens is 2. The minimum absolute atomic E-state index is 0.140. The number of carbonyl (C=O) groups excluding carboxylic acids is 2. The molecule has 1 saturated carbocycles. The van der Waals surface area contributed by atoms with Crippen LogP contribution in [-0.4, -0.2) is 27.8 Å². The Morgan fingerprint density at radius 3 is 2.77 bits per heavy atom. The second-order valence-corrected chi connectivity index (χ2v) is 7.93. The van der Waals surface area contributed by atoms with E-state index in [0.29, 0.717) is 26.1 Å². The standard InChI is InChI=1S/C18H16N4O2S2/c1-10-14(26-18(20-10)13-4-2-3-8-19-13)16(24)22-17-12(7-9-25-17)15(23)21-11-5-6-11/h2-4,7-9,11H,5-6H2,1H3,(H,21,23)(H,22,24). The van der Waals surface area contributed by atoms with Gasteiger partial charge in [0.05, 0.1) is 17.0 Å². The molecule has 0 atom stereocenters. The van der Waals surface area contributed by atoms with Crippen LogP contribution in [0.15, 0.2) is 35.8 Å². The fourth-order valence-electron chi connectivity index (χ4n) is 2.44. The number of nitrogens with one attached hydrogen (secondary N) is 2. The number of aryl methyl sites for hydroxylation is 1. The first-order valence-electron chi connectivity index (χ1n) is 8.20. The first-order chi connectivity index (χ1) is 12.6. The Balaban J connectivity index is 1.53. The van der Waals surface area contributed by atoms with Gasteiger partial charge in [0, 0.05) is 12.2 Å². The number of amides is 2. The Labute approximate surface area is 158 Å². The molecule has 132 valence electrons. The van der Waals surface area contributed by atoms with Crippen LogP contribution in [0.5, 0.6) is 0 Å². The molecular weight excluding hydrogens is 368 g/mol. The van der Waals surface area contributed by atoms with Crippen molar-refractivity contribution in [2.75, 3.05) is 5.32 Å². The topological polar surface area (TPSA) is 84.0 Å². The highest BCUT2D eigenvalue weighted by Crippen LogP contribution is 2.29. The van der Waals surface area contributed by atoms with Crippen LogP contribution in [0.3, 0.4) is 0 Å². The molecule has 0 bridgehead atoms. The summed E-state index contributed by atoms with van der Waals surface area (Å²) in [6.07, 6.45) is 3.74. The molecule has 26 heavy (non-hydrogen) atoms. The predicted molar refractivity (Wildman–Crippen MR) is 103 cm³/mol. The number of hydrogen-bond acceptors (Lipinski definition) is 6. The van der Waals surface area contributed by atoms with E-state index in [1.54, 1.807) is 24.6 Å². The summed E-state index contributed by atoms with van der Waals surface area (Å²) in [7, 11) is 0. The van der Waals surface area contributed by atoms with Crippen LogP contribution in [0.2, 0.25) is 0 Å². The van der Waals surface area contributed by atoms with Gasteiger partial charge in [-0.3, -0.25) is 14.6 Å². The average Bonchev–Trinajstić information content (AvgIpc) is 3.17. The van der Waals surface area contributed by atoms with Gasteiger partial charge in [-0.25, -0.2) is 4.98 Å². The summed E-state index contributed by atoms with van der Waals surface area (Å²) in [4.78, 5) is 34.2. The van der Waals surface area contributed by atoms with E-state index in [9.17, 15) is 9.59 Å². The van der Waals surface area contributed by atoms with Gasteiger partial charge in [0.25, 0.3) is 11.8 Å². The number of hydrogen-bond donors (Lipinski definition) is 2. The highest BCUT2D eigenvalue weighted by atomic mass is 32.1. The van der Waals surface area contributed by atoms with Crippen LogP contribution in [0.4, 0.5) is 5.00 Å². The van der Waals surface area contributed by atoms with E-state index in [2.05, 4.69) is 20.6 Å². The third-order valence-corrected chi connectivity index (χ3v) is 5.94. The van der Waals surface area contributed by atoms with E-state index in [-0.39, 0.29) is 17.9 Å². The molecule has 3 heterocycles. The molecule has 4 rings (SSSR count). The Morgan fingerprint density at radius 1 is 1.19 bits per heavy atom. The third kappa shape index (κ3) is 3.51. The van der Waals surface area contributed by atoms with Crippen LogP contribution < -0.4 is 10.6 Å². The van der Waals surface area contributed by atoms with E-state index < -0.39 is 0 Å². The maximum absolute atomic E-state index is 12.7. The van der Waals surface area contributed by atoms with E-state index in [1.807, 2.05) is 18.2 Å². The molecule has 0 saturated heterocycles. The first kappa shape index (κ1) is 16.9. The molecule has 6 nitrogen and oxygen atoms in total. The van der Waals surface area contributed by atoms with Gasteiger partial charge in [0.1, 0.15) is 14.9 Å². The van der Waals surface area contributed by atoms with Gasteiger partial charge in [-0.05, 0) is 43.3 Å². The normalized spacial score (nSPS) is 13.4. The molecule has 2 amide bonds. The van der Waals surface area contributed by atoms with E-state index in [0.717, 1.165) is 18.5 Å². The van der Waals surface area contributed by atoms with Gasteiger partial charge in [0.15, 0.2) is 0 Å². The zero-order valence-corrected chi connectivity index (χ0v) is 15.6. The minimum Gasteiger partial charge on any atom is -0.349 e. The van der Waals surface area contributed by atoms with Crippen LogP contribution in [0, 0.1) is 6.92 Å². The van der Waals surface area contributed by atoms with E-state index in [4.69, 9.17) is 0 Å². The summed E-state index contributed by atoms with van der Waals surface area (Å²) < 4.78 is 0. The van der Waals surface area contributed by atoms with Crippen LogP contribution in [0.25, 0.3) is 10.7 Å². The predicted octanol–water partition coefficient (Wildman–Crippen LogP) is 3.72. The average molecular weight is 384 g/mol. The molecule has 0 radical (unpaired) electrons. The molecular formula is C18H16N4O2S2. The van der Waals surface area contributed by atoms with Gasteiger partial charge < -0.3 is 10.6 Å². The lowest BCUT2D eigenvalue weighted by Crippen LogP contribution is -2.26. The number of nitrogens with zero attached hydrogens (tertiary/aromatic N) is 2. The van der Waals surface area contributed by atoms with Crippen molar-refractivity contribution in [2.45, 2.75) is 25.8 Å². The van der Waals surface area contributed by atoms with Crippen LogP contribution >= 0.6 is 22.7 Å². The number of thiophene rings is 1. The van der Waals surface area contributed by atoms with Crippen molar-refractivity contribution in [1.29, 1.82) is 0 Å². The lowest BCUT2D eigenvalue weighted by Gasteiger charge is -2.06. The molecule has 1 fully saturated rings. The maximum atomic E-state index is 12.7. The number of carbonyl (C=O) groups is 2. The summed E-state index contributed by atoms with van der Waals surface area (Å²) >= 11 is 2.63. The molecule has 0 spiro atoms. The Morgan fingerprint density at radius 2 is 2.04 bits per heavy atom. The van der Waals surface area contributed by atoms with Gasteiger partial charge in [-0.15, -0.1) is 22.7 Å². The quantitative estimate of drug-likeness (QED) is 0.702. The molecule has 3 aromatic rings. The largest absolute Gasteiger partial charge is 0.349 e. The van der Waals surface area contributed by atoms with Crippen molar-refractivity contribution in [3.8, 4) is 10.7 Å². The van der Waals surface area contributed by atoms with Crippen molar-refractivity contribution in [3.05, 3.63) is 52.0 Å². The monoisotopic (exact) mass is 384 g/mol. The van der Waals surface area contributed by atoms with Gasteiger partial charge >= 0.3 is 0 Å². The summed E-state index contributed by atoms with van der Waals surface area (Å²) in [5.41, 5.74) is 1.89. The fraction of sp³-hybridized carbons (Fsp3) is 0.222. The van der Waals surface area contributed by atoms with Gasteiger partial charge in [-0.2, -0.15) is 0 Å². The van der Waals surface area contributed by atoms with Crippen LogP contribution in [0.1, 0.15) is 38.6 Å². The molecule has 0 aliphatic heterocycles. The maximum Gasteiger partial charge on any atom is 0.268 e. The van der Waals surface area contributed by atoms with Crippen LogP contribution in [-0.2, 0) is 0 Å². The number of pyridine rings is 1. The molecule has 1 aliphatic rings. The van der Waals surface area contributed by atoms with E-state index in [1.165, 1.54) is 22.7 Å². The van der Waals surface area contributed by atoms with Crippen molar-refractivity contribution in [3.63, 3.8) is 0 Å². The van der Waals surface area contributed by atoms with Gasteiger partial charge in [0.2, 0.25) is 0 Å². The Kier molecular flexibility index (Phi) is 4.52. The number of thiazole rings is 1. The smallest absolute Gasteiger partial charge is 0.268 e. The second-order valence-electron chi connectivity index (χ2n) is 6.01. The molecule has 1 aliphatic carbocycles. The number of anilines is 1.